The van der Waals surface area contributed by atoms with Gasteiger partial charge >= 0.3 is 6.18 Å². The van der Waals surface area contributed by atoms with Crippen LogP contribution in [-0.2, 0) is 34.5 Å². The number of carbonyl (C=O) groups excluding carboxylic acids is 1. The van der Waals surface area contributed by atoms with E-state index in [9.17, 15) is 32.0 Å². The number of rotatable bonds is 12. The lowest BCUT2D eigenvalue weighted by atomic mass is 9.98. The molecule has 6 rings (SSSR count). The Morgan fingerprint density at radius 1 is 1.04 bits per heavy atom. The van der Waals surface area contributed by atoms with E-state index < -0.39 is 250 Å². The molecular formula is C41H40F5N3O3S. The quantitative estimate of drug-likeness (QED) is 0.0938. The Balaban J connectivity index is 1.79. The Morgan fingerprint density at radius 3 is 2.51 bits per heavy atom. The number of piperidine rings is 1. The number of methoxy groups -OCH3 is 1. The average molecular weight is 781 g/mol. The number of likely N-dealkylation sites (tertiary alicyclic amines) is 1. The first-order valence-electron chi connectivity index (χ1n) is 30.0. The lowest BCUT2D eigenvalue weighted by Crippen LogP contribution is -2.48. The zero-order valence-corrected chi connectivity index (χ0v) is 27.3. The zero-order valence-electron chi connectivity index (χ0n) is 57.5. The van der Waals surface area contributed by atoms with Gasteiger partial charge in [0.2, 0.25) is 5.91 Å². The molecule has 1 amide bonds. The fraction of sp³-hybridized carbons (Fsp3) is 0.317. The number of hydrogen-bond acceptors (Lipinski definition) is 5. The number of halogens is 5. The lowest BCUT2D eigenvalue weighted by molar-refractivity contribution is -0.138. The Labute approximate surface area is 352 Å². The van der Waals surface area contributed by atoms with Crippen LogP contribution >= 0.6 is 11.8 Å². The van der Waals surface area contributed by atoms with Crippen molar-refractivity contribution in [3.8, 4) is 11.1 Å². The average Bonchev–Trinajstić information content (AvgIpc) is 3.39. The summed E-state index contributed by atoms with van der Waals surface area (Å²) in [7, 11) is -3.75. The minimum atomic E-state index is -5.41. The third-order valence-electron chi connectivity index (χ3n) is 6.89. The standard InChI is InChI=1S/C41H40F5N3O3S/c1-27-22-30(14-15-34(27)41(44,45)46)29-12-10-28(11-13-29)24-48(32-16-18-47(19-17-32)20-21-52-2)38(51)25-49-36-9-4-3-7-33(36)37(50)23-39(49)53-26-31-6-5-8-35(42)40(31)43/h3-15,22-23,32H,16-21,24-26H2,1-2H3/i2D3,3D,4D,5D,6D,7D,8D,9D,10D,11D,12D,13D,14D,15D,16D2,17D2,18D2,19D2,21D2,22D,23D,24D2,32D. The summed E-state index contributed by atoms with van der Waals surface area (Å²) >= 11 is -0.0907. The molecule has 12 heteroatoms. The van der Waals surface area contributed by atoms with Crippen molar-refractivity contribution in [1.29, 1.82) is 0 Å². The summed E-state index contributed by atoms with van der Waals surface area (Å²) in [4.78, 5) is 28.1. The van der Waals surface area contributed by atoms with Crippen LogP contribution in [0.25, 0.3) is 22.0 Å². The summed E-state index contributed by atoms with van der Waals surface area (Å²) in [5, 5.41) is -2.39. The van der Waals surface area contributed by atoms with E-state index in [0.29, 0.717) is 6.92 Å². The van der Waals surface area contributed by atoms with Crippen LogP contribution in [0.1, 0.15) is 77.5 Å². The number of para-hydroxylation sites is 1. The Kier molecular flexibility index (Phi) is 4.81. The SMILES string of the molecule is [2H]c1c([2H])c(F)c(F)c(CSc2c([2H])c(=O)c3c([2H])c([2H])c([2H])c([2H])c3n2CC(=O)N(C([2H])([2H])c2c([2H])c([2H])c(-c3c([2H])c([2H])c(C(F)(F)F)c(C)c3[2H])c([2H])c2[2H])C2([2H])C([2H])([2H])C([2H])([2H])N(CC([2H])([2H])OC([2H])([2H])[2H])C([2H])([2H])C2([2H])[2H])c1[2H]. The molecule has 1 aliphatic heterocycles. The summed E-state index contributed by atoms with van der Waals surface area (Å²) < 4.78 is 346. The summed E-state index contributed by atoms with van der Waals surface area (Å²) in [6.45, 7) is -21.5. The second-order valence-electron chi connectivity index (χ2n) is 10.3. The van der Waals surface area contributed by atoms with Crippen molar-refractivity contribution < 1.29 is 74.0 Å². The topological polar surface area (TPSA) is 54.8 Å². The van der Waals surface area contributed by atoms with Gasteiger partial charge in [0, 0.05) is 72.8 Å². The molecule has 0 radical (unpaired) electrons. The number of alkyl halides is 3. The molecule has 1 fully saturated rings. The van der Waals surface area contributed by atoms with Crippen LogP contribution < -0.4 is 5.43 Å². The molecule has 0 spiro atoms. The molecule has 0 N–H and O–H groups in total. The van der Waals surface area contributed by atoms with Crippen LogP contribution in [0.4, 0.5) is 22.0 Å². The van der Waals surface area contributed by atoms with E-state index in [1.165, 1.54) is 0 Å². The molecule has 0 unspecified atom stereocenters. The number of ether oxygens (including phenoxy) is 1. The van der Waals surface area contributed by atoms with E-state index >= 15 is 9.18 Å². The van der Waals surface area contributed by atoms with Gasteiger partial charge in [0.15, 0.2) is 17.1 Å². The van der Waals surface area contributed by atoms with E-state index in [1.54, 1.807) is 0 Å². The van der Waals surface area contributed by atoms with Gasteiger partial charge in [-0.15, -0.1) is 11.8 Å². The van der Waals surface area contributed by atoms with Gasteiger partial charge in [-0.3, -0.25) is 9.59 Å². The molecule has 2 heterocycles. The minimum absolute atomic E-state index is 0.0907. The Hall–Kier alpha value is -4.52. The van der Waals surface area contributed by atoms with E-state index in [1.807, 2.05) is 0 Å². The fourth-order valence-corrected chi connectivity index (χ4v) is 5.42. The van der Waals surface area contributed by atoms with Crippen LogP contribution in [0.3, 0.4) is 0 Å². The summed E-state index contributed by atoms with van der Waals surface area (Å²) in [5.41, 5.74) is -11.5. The van der Waals surface area contributed by atoms with Crippen LogP contribution in [0.15, 0.2) is 100 Å². The maximum Gasteiger partial charge on any atom is 0.416 e. The van der Waals surface area contributed by atoms with Crippen LogP contribution in [0.5, 0.6) is 0 Å². The van der Waals surface area contributed by atoms with E-state index in [4.69, 9.17) is 32.9 Å². The number of hydrogen-bond donors (Lipinski definition) is 0. The van der Waals surface area contributed by atoms with Gasteiger partial charge in [-0.1, -0.05) is 60.4 Å². The molecule has 1 aromatic heterocycles. The Morgan fingerprint density at radius 2 is 1.77 bits per heavy atom. The molecule has 278 valence electrons. The molecular weight excluding hydrogens is 710 g/mol. The number of benzene rings is 4. The van der Waals surface area contributed by atoms with Crippen molar-refractivity contribution in [2.45, 2.75) is 55.7 Å². The van der Waals surface area contributed by atoms with Crippen LogP contribution in [0.2, 0.25) is 0 Å². The number of aromatic nitrogens is 1. The molecule has 4 aromatic carbocycles. The van der Waals surface area contributed by atoms with Gasteiger partial charge in [-0.2, -0.15) is 13.2 Å². The molecule has 0 atom stereocenters. The number of carbonyl (C=O) groups is 1. The number of nitrogens with zero attached hydrogens (tertiary/aromatic N) is 3. The van der Waals surface area contributed by atoms with E-state index in [2.05, 4.69) is 4.74 Å². The van der Waals surface area contributed by atoms with Crippen LogP contribution in [0, 0.1) is 18.6 Å². The number of thioether (sulfide) groups is 1. The highest BCUT2D eigenvalue weighted by Crippen LogP contribution is 2.34. The van der Waals surface area contributed by atoms with Crippen molar-refractivity contribution in [2.75, 3.05) is 33.1 Å². The van der Waals surface area contributed by atoms with E-state index in [0.717, 1.165) is 0 Å². The van der Waals surface area contributed by atoms with Crippen molar-refractivity contribution in [1.82, 2.24) is 14.4 Å². The third-order valence-corrected chi connectivity index (χ3v) is 7.92. The molecule has 0 aliphatic carbocycles. The number of amides is 1. The van der Waals surface area contributed by atoms with Crippen LogP contribution in [-0.4, -0.2) is 59.4 Å². The highest BCUT2D eigenvalue weighted by Gasteiger charge is 2.32. The number of fused-ring (bicyclic) bond motifs is 1. The molecule has 1 saturated heterocycles. The largest absolute Gasteiger partial charge is 0.416 e. The highest BCUT2D eigenvalue weighted by atomic mass is 32.2. The molecule has 5 aromatic rings. The molecule has 0 saturated carbocycles. The van der Waals surface area contributed by atoms with Crippen molar-refractivity contribution in [3.05, 3.63) is 135 Å². The molecule has 6 nitrogen and oxygen atoms in total. The maximum absolute atomic E-state index is 15.8. The normalized spacial score (nSPS) is 27.8. The monoisotopic (exact) mass is 780 g/mol. The first-order valence-corrected chi connectivity index (χ1v) is 15.5. The smallest absolute Gasteiger partial charge is 0.383 e. The fourth-order valence-electron chi connectivity index (χ4n) is 4.46. The predicted octanol–water partition coefficient (Wildman–Crippen LogP) is 8.71. The van der Waals surface area contributed by atoms with Gasteiger partial charge in [0.1, 0.15) is 6.54 Å². The molecule has 1 aliphatic rings. The van der Waals surface area contributed by atoms with Gasteiger partial charge in [-0.25, -0.2) is 8.78 Å². The zero-order chi connectivity index (χ0) is 64.9. The van der Waals surface area contributed by atoms with Gasteiger partial charge < -0.3 is 19.1 Å². The van der Waals surface area contributed by atoms with Gasteiger partial charge in [0.25, 0.3) is 0 Å². The summed E-state index contributed by atoms with van der Waals surface area (Å²) in [6.07, 6.45) is -15.2. The first-order chi connectivity index (χ1) is 37.7. The lowest BCUT2D eigenvalue weighted by Gasteiger charge is -2.39. The van der Waals surface area contributed by atoms with Gasteiger partial charge in [0.05, 0.1) is 54.2 Å². The summed E-state index contributed by atoms with van der Waals surface area (Å²) in [5.74, 6) is -7.75. The number of pyridine rings is 1. The predicted molar refractivity (Wildman–Crippen MR) is 198 cm³/mol. The van der Waals surface area contributed by atoms with Crippen molar-refractivity contribution in [3.63, 3.8) is 0 Å². The third kappa shape index (κ3) is 9.00. The molecule has 53 heavy (non-hydrogen) atoms. The van der Waals surface area contributed by atoms with Crippen molar-refractivity contribution in [2.24, 2.45) is 0 Å². The summed E-state index contributed by atoms with van der Waals surface area (Å²) in [6, 6.07) is -27.2. The second-order valence-corrected chi connectivity index (χ2v) is 11.3. The minimum Gasteiger partial charge on any atom is -0.383 e. The van der Waals surface area contributed by atoms with Gasteiger partial charge in [-0.05, 0) is 66.1 Å². The van der Waals surface area contributed by atoms with Crippen molar-refractivity contribution >= 4 is 28.6 Å². The maximum atomic E-state index is 15.8. The molecule has 0 bridgehead atoms. The second kappa shape index (κ2) is 16.7. The highest BCUT2D eigenvalue weighted by molar-refractivity contribution is 7.98. The first kappa shape index (κ1) is 15.3. The Bertz CT molecular complexity index is 3570. The van der Waals surface area contributed by atoms with E-state index in [-0.39, 0.29) is 16.3 Å².